The van der Waals surface area contributed by atoms with Crippen molar-refractivity contribution in [2.24, 2.45) is 11.7 Å². The SMILES string of the molecule is CCCCN(CCN)C(=O)CN1C[C@H](c2cc(CO)c3c(c2)OCO3)[C@@H](C(=O)O)[C@@H]1CN1CCCC1=O. The number of unbranched alkanes of at least 4 members (excludes halogenated alkanes) is 1. The third-order valence-corrected chi connectivity index (χ3v) is 7.65. The van der Waals surface area contributed by atoms with Crippen LogP contribution in [0.5, 0.6) is 11.5 Å². The van der Waals surface area contributed by atoms with Gasteiger partial charge in [-0.1, -0.05) is 13.3 Å². The summed E-state index contributed by atoms with van der Waals surface area (Å²) in [6.45, 7) is 4.42. The van der Waals surface area contributed by atoms with Crippen LogP contribution >= 0.6 is 0 Å². The molecule has 3 aliphatic rings. The molecule has 0 aromatic heterocycles. The van der Waals surface area contributed by atoms with Gasteiger partial charge < -0.3 is 35.2 Å². The van der Waals surface area contributed by atoms with Gasteiger partial charge in [0, 0.05) is 63.2 Å². The monoisotopic (exact) mass is 518 g/mol. The number of benzene rings is 1. The summed E-state index contributed by atoms with van der Waals surface area (Å²) < 4.78 is 11.0. The van der Waals surface area contributed by atoms with E-state index in [-0.39, 0.29) is 38.3 Å². The number of aliphatic carboxylic acids is 1. The van der Waals surface area contributed by atoms with Crippen LogP contribution in [0.2, 0.25) is 0 Å². The van der Waals surface area contributed by atoms with Crippen LogP contribution in [0.15, 0.2) is 12.1 Å². The van der Waals surface area contributed by atoms with Crippen molar-refractivity contribution in [1.29, 1.82) is 0 Å². The van der Waals surface area contributed by atoms with Crippen molar-refractivity contribution in [2.75, 3.05) is 52.6 Å². The highest BCUT2D eigenvalue weighted by Crippen LogP contribution is 2.44. The van der Waals surface area contributed by atoms with Crippen LogP contribution in [0.4, 0.5) is 0 Å². The number of nitrogens with two attached hydrogens (primary N) is 1. The average Bonchev–Trinajstić information content (AvgIpc) is 3.60. The number of likely N-dealkylation sites (tertiary alicyclic amines) is 2. The van der Waals surface area contributed by atoms with Crippen LogP contribution < -0.4 is 15.2 Å². The number of hydrogen-bond donors (Lipinski definition) is 3. The molecule has 0 radical (unpaired) electrons. The van der Waals surface area contributed by atoms with Crippen LogP contribution in [0.3, 0.4) is 0 Å². The number of carbonyl (C=O) groups excluding carboxylic acids is 2. The van der Waals surface area contributed by atoms with E-state index in [4.69, 9.17) is 15.2 Å². The maximum Gasteiger partial charge on any atom is 0.308 e. The zero-order valence-electron chi connectivity index (χ0n) is 21.4. The Labute approximate surface area is 217 Å². The quantitative estimate of drug-likeness (QED) is 0.362. The molecule has 0 spiro atoms. The van der Waals surface area contributed by atoms with Crippen LogP contribution in [0.25, 0.3) is 0 Å². The first-order valence-electron chi connectivity index (χ1n) is 13.1. The molecule has 11 heteroatoms. The minimum Gasteiger partial charge on any atom is -0.481 e. The van der Waals surface area contributed by atoms with Crippen molar-refractivity contribution in [3.05, 3.63) is 23.3 Å². The van der Waals surface area contributed by atoms with Crippen LogP contribution in [-0.4, -0.2) is 101 Å². The second-order valence-electron chi connectivity index (χ2n) is 10.0. The summed E-state index contributed by atoms with van der Waals surface area (Å²) in [6.07, 6.45) is 3.00. The maximum atomic E-state index is 13.3. The lowest BCUT2D eigenvalue weighted by Gasteiger charge is -2.32. The Morgan fingerprint density at radius 2 is 2.05 bits per heavy atom. The predicted octanol–water partition coefficient (Wildman–Crippen LogP) is 0.586. The van der Waals surface area contributed by atoms with Gasteiger partial charge in [0.2, 0.25) is 18.6 Å². The molecule has 1 aromatic rings. The Balaban J connectivity index is 1.65. The van der Waals surface area contributed by atoms with Gasteiger partial charge in [0.1, 0.15) is 0 Å². The molecule has 1 aromatic carbocycles. The molecule has 0 unspecified atom stereocenters. The van der Waals surface area contributed by atoms with E-state index in [2.05, 4.69) is 6.92 Å². The minimum absolute atomic E-state index is 0.0113. The van der Waals surface area contributed by atoms with E-state index in [9.17, 15) is 24.6 Å². The third-order valence-electron chi connectivity index (χ3n) is 7.65. The molecular formula is C26H38N4O7. The molecule has 0 bridgehead atoms. The smallest absolute Gasteiger partial charge is 0.308 e. The average molecular weight is 519 g/mol. The highest BCUT2D eigenvalue weighted by atomic mass is 16.7. The van der Waals surface area contributed by atoms with E-state index in [1.807, 2.05) is 4.90 Å². The van der Waals surface area contributed by atoms with Crippen molar-refractivity contribution in [1.82, 2.24) is 14.7 Å². The molecule has 0 saturated carbocycles. The molecule has 2 amide bonds. The molecule has 3 heterocycles. The van der Waals surface area contributed by atoms with Crippen molar-refractivity contribution >= 4 is 17.8 Å². The second kappa shape index (κ2) is 12.1. The van der Waals surface area contributed by atoms with Crippen molar-refractivity contribution in [3.8, 4) is 11.5 Å². The van der Waals surface area contributed by atoms with Gasteiger partial charge >= 0.3 is 5.97 Å². The molecule has 2 saturated heterocycles. The lowest BCUT2D eigenvalue weighted by Crippen LogP contribution is -2.49. The zero-order chi connectivity index (χ0) is 26.5. The number of nitrogens with zero attached hydrogens (tertiary/aromatic N) is 3. The maximum absolute atomic E-state index is 13.3. The van der Waals surface area contributed by atoms with E-state index in [0.29, 0.717) is 61.8 Å². The van der Waals surface area contributed by atoms with Gasteiger partial charge in [-0.3, -0.25) is 19.3 Å². The summed E-state index contributed by atoms with van der Waals surface area (Å²) in [5.41, 5.74) is 7.00. The topological polar surface area (TPSA) is 146 Å². The summed E-state index contributed by atoms with van der Waals surface area (Å²) >= 11 is 0. The number of hydrogen-bond acceptors (Lipinski definition) is 8. The Morgan fingerprint density at radius 3 is 2.70 bits per heavy atom. The van der Waals surface area contributed by atoms with Gasteiger partial charge in [0.15, 0.2) is 11.5 Å². The number of aliphatic hydroxyl groups is 1. The zero-order valence-corrected chi connectivity index (χ0v) is 21.4. The summed E-state index contributed by atoms with van der Waals surface area (Å²) in [6, 6.07) is 3.00. The summed E-state index contributed by atoms with van der Waals surface area (Å²) in [4.78, 5) is 43.9. The molecule has 37 heavy (non-hydrogen) atoms. The van der Waals surface area contributed by atoms with E-state index < -0.39 is 23.8 Å². The van der Waals surface area contributed by atoms with Gasteiger partial charge in [-0.05, 0) is 30.5 Å². The fourth-order valence-electron chi connectivity index (χ4n) is 5.76. The Hall–Kier alpha value is -2.89. The van der Waals surface area contributed by atoms with Gasteiger partial charge in [-0.2, -0.15) is 0 Å². The summed E-state index contributed by atoms with van der Waals surface area (Å²) in [7, 11) is 0. The molecule has 204 valence electrons. The molecular weight excluding hydrogens is 480 g/mol. The van der Waals surface area contributed by atoms with Gasteiger partial charge in [-0.15, -0.1) is 0 Å². The number of carboxylic acids is 1. The third kappa shape index (κ3) is 5.83. The first kappa shape index (κ1) is 27.2. The number of rotatable bonds is 12. The summed E-state index contributed by atoms with van der Waals surface area (Å²) in [5.74, 6) is -1.45. The number of ether oxygens (including phenoxy) is 2. The van der Waals surface area contributed by atoms with E-state index in [1.54, 1.807) is 21.9 Å². The standard InChI is InChI=1S/C26H38N4O7/c1-2-3-7-28(9-6-27)23(33)14-30-12-19(17-10-18(15-31)25-21(11-17)36-16-37-25)24(26(34)35)20(30)13-29-8-4-5-22(29)32/h10-11,19-20,24,31H,2-9,12-16,27H2,1H3,(H,34,35)/t19-,20+,24-/m1/s1. The van der Waals surface area contributed by atoms with Crippen LogP contribution in [0, 0.1) is 5.92 Å². The fraction of sp³-hybridized carbons (Fsp3) is 0.654. The Morgan fingerprint density at radius 1 is 1.24 bits per heavy atom. The molecule has 0 aliphatic carbocycles. The minimum atomic E-state index is -0.982. The highest BCUT2D eigenvalue weighted by Gasteiger charge is 2.49. The normalized spacial score (nSPS) is 23.2. The lowest BCUT2D eigenvalue weighted by atomic mass is 9.84. The van der Waals surface area contributed by atoms with E-state index in [0.717, 1.165) is 19.3 Å². The molecule has 11 nitrogen and oxygen atoms in total. The largest absolute Gasteiger partial charge is 0.481 e. The van der Waals surface area contributed by atoms with Gasteiger partial charge in [0.05, 0.1) is 19.1 Å². The van der Waals surface area contributed by atoms with Crippen LogP contribution in [0.1, 0.15) is 49.7 Å². The number of carbonyl (C=O) groups is 3. The molecule has 4 rings (SSSR count). The number of aliphatic hydroxyl groups excluding tert-OH is 1. The first-order valence-corrected chi connectivity index (χ1v) is 13.1. The lowest BCUT2D eigenvalue weighted by molar-refractivity contribution is -0.144. The molecule has 3 atom stereocenters. The molecule has 4 N–H and O–H groups in total. The summed E-state index contributed by atoms with van der Waals surface area (Å²) in [5, 5.41) is 20.3. The second-order valence-corrected chi connectivity index (χ2v) is 10.0. The van der Waals surface area contributed by atoms with E-state index >= 15 is 0 Å². The van der Waals surface area contributed by atoms with Gasteiger partial charge in [0.25, 0.3) is 0 Å². The van der Waals surface area contributed by atoms with Crippen molar-refractivity contribution in [2.45, 2.75) is 51.2 Å². The predicted molar refractivity (Wildman–Crippen MR) is 134 cm³/mol. The highest BCUT2D eigenvalue weighted by molar-refractivity contribution is 5.80. The Bertz CT molecular complexity index is 1000. The first-order chi connectivity index (χ1) is 17.9. The van der Waals surface area contributed by atoms with Crippen LogP contribution in [-0.2, 0) is 21.0 Å². The van der Waals surface area contributed by atoms with Crippen molar-refractivity contribution in [3.63, 3.8) is 0 Å². The number of amides is 2. The Kier molecular flexibility index (Phi) is 8.88. The molecule has 3 aliphatic heterocycles. The molecule has 2 fully saturated rings. The van der Waals surface area contributed by atoms with Gasteiger partial charge in [-0.25, -0.2) is 0 Å². The fourth-order valence-corrected chi connectivity index (χ4v) is 5.76. The van der Waals surface area contributed by atoms with Crippen molar-refractivity contribution < 1.29 is 34.1 Å². The van der Waals surface area contributed by atoms with E-state index in [1.165, 1.54) is 0 Å². The number of fused-ring (bicyclic) bond motifs is 1. The number of carboxylic acid groups (broad SMARTS) is 1.